The molecule has 0 aromatic heterocycles. The average molecular weight is 371 g/mol. The molecule has 3 N–H and O–H groups in total. The highest BCUT2D eigenvalue weighted by Gasteiger charge is 2.33. The number of nitrogens with one attached hydrogen (secondary N) is 1. The molecule has 1 aliphatic heterocycles. The van der Waals surface area contributed by atoms with Crippen molar-refractivity contribution in [3.63, 3.8) is 0 Å². The summed E-state index contributed by atoms with van der Waals surface area (Å²) in [6.07, 6.45) is 3.59. The van der Waals surface area contributed by atoms with Crippen LogP contribution in [0.2, 0.25) is 0 Å². The van der Waals surface area contributed by atoms with Crippen LogP contribution < -0.4 is 15.8 Å². The van der Waals surface area contributed by atoms with Crippen molar-refractivity contribution in [1.29, 1.82) is 0 Å². The lowest BCUT2D eigenvalue weighted by Crippen LogP contribution is -2.41. The second kappa shape index (κ2) is 10.6. The molecular formula is C19H31ClN2O3. The first-order valence-electron chi connectivity index (χ1n) is 8.95. The second-order valence-electron chi connectivity index (χ2n) is 6.54. The maximum atomic E-state index is 12.5. The predicted octanol–water partition coefficient (Wildman–Crippen LogP) is 3.62. The van der Waals surface area contributed by atoms with Gasteiger partial charge in [-0.1, -0.05) is 13.8 Å². The summed E-state index contributed by atoms with van der Waals surface area (Å²) in [5, 5.41) is 2.98. The average Bonchev–Trinajstić information content (AvgIpc) is 2.64. The third-order valence-corrected chi connectivity index (χ3v) is 5.16. The van der Waals surface area contributed by atoms with Gasteiger partial charge in [0.15, 0.2) is 0 Å². The molecule has 0 saturated carbocycles. The Bertz CT molecular complexity index is 504. The lowest BCUT2D eigenvalue weighted by atomic mass is 9.81. The Balaban J connectivity index is 0.00000312. The number of carbonyl (C=O) groups excluding carboxylic acids is 1. The molecule has 1 aliphatic rings. The third-order valence-electron chi connectivity index (χ3n) is 5.16. The van der Waals surface area contributed by atoms with E-state index in [4.69, 9.17) is 15.2 Å². The van der Waals surface area contributed by atoms with Gasteiger partial charge in [-0.25, -0.2) is 0 Å². The standard InChI is InChI=1S/C19H30N2O3.ClH/c1-3-19(4-2,14-20)18(22)21-16-5-7-17(8-6-16)24-13-15-9-11-23-12-10-15;/h5-8,15H,3-4,9-14,20H2,1-2H3,(H,21,22);1H. The van der Waals surface area contributed by atoms with E-state index in [1.807, 2.05) is 38.1 Å². The Hall–Kier alpha value is -1.30. The monoisotopic (exact) mass is 370 g/mol. The first kappa shape index (κ1) is 21.7. The van der Waals surface area contributed by atoms with Gasteiger partial charge in [0.25, 0.3) is 0 Å². The molecule has 6 heteroatoms. The van der Waals surface area contributed by atoms with E-state index < -0.39 is 5.41 Å². The summed E-state index contributed by atoms with van der Waals surface area (Å²) < 4.78 is 11.2. The molecule has 5 nitrogen and oxygen atoms in total. The topological polar surface area (TPSA) is 73.6 Å². The van der Waals surface area contributed by atoms with Gasteiger partial charge < -0.3 is 20.5 Å². The van der Waals surface area contributed by atoms with Crippen LogP contribution in [0, 0.1) is 11.3 Å². The Morgan fingerprint density at radius 3 is 2.36 bits per heavy atom. The molecule has 1 heterocycles. The maximum Gasteiger partial charge on any atom is 0.231 e. The van der Waals surface area contributed by atoms with Crippen LogP contribution in [0.5, 0.6) is 5.75 Å². The largest absolute Gasteiger partial charge is 0.493 e. The van der Waals surface area contributed by atoms with Crippen molar-refractivity contribution in [2.75, 3.05) is 31.7 Å². The van der Waals surface area contributed by atoms with E-state index >= 15 is 0 Å². The number of ether oxygens (including phenoxy) is 2. The van der Waals surface area contributed by atoms with E-state index in [0.717, 1.165) is 56.9 Å². The number of carbonyl (C=O) groups is 1. The summed E-state index contributed by atoms with van der Waals surface area (Å²) in [6.45, 7) is 6.75. The number of hydrogen-bond acceptors (Lipinski definition) is 4. The highest BCUT2D eigenvalue weighted by molar-refractivity contribution is 5.95. The molecule has 25 heavy (non-hydrogen) atoms. The van der Waals surface area contributed by atoms with Crippen molar-refractivity contribution < 1.29 is 14.3 Å². The van der Waals surface area contributed by atoms with E-state index in [1.165, 1.54) is 0 Å². The van der Waals surface area contributed by atoms with Crippen molar-refractivity contribution in [1.82, 2.24) is 0 Å². The van der Waals surface area contributed by atoms with E-state index in [0.29, 0.717) is 12.5 Å². The summed E-state index contributed by atoms with van der Waals surface area (Å²) in [7, 11) is 0. The molecule has 1 aromatic carbocycles. The fraction of sp³-hybridized carbons (Fsp3) is 0.632. The summed E-state index contributed by atoms with van der Waals surface area (Å²) in [6, 6.07) is 7.56. The molecule has 2 rings (SSSR count). The van der Waals surface area contributed by atoms with Crippen molar-refractivity contribution in [2.45, 2.75) is 39.5 Å². The predicted molar refractivity (Wildman–Crippen MR) is 103 cm³/mol. The van der Waals surface area contributed by atoms with E-state index in [9.17, 15) is 4.79 Å². The van der Waals surface area contributed by atoms with Crippen LogP contribution in [0.15, 0.2) is 24.3 Å². The van der Waals surface area contributed by atoms with Gasteiger partial charge in [-0.2, -0.15) is 0 Å². The number of rotatable bonds is 8. The van der Waals surface area contributed by atoms with E-state index in [-0.39, 0.29) is 18.3 Å². The first-order chi connectivity index (χ1) is 11.6. The minimum Gasteiger partial charge on any atom is -0.493 e. The Labute approximate surface area is 157 Å². The van der Waals surface area contributed by atoms with E-state index in [2.05, 4.69) is 5.32 Å². The van der Waals surface area contributed by atoms with Crippen molar-refractivity contribution >= 4 is 24.0 Å². The molecule has 1 fully saturated rings. The van der Waals surface area contributed by atoms with Gasteiger partial charge in [0.05, 0.1) is 12.0 Å². The van der Waals surface area contributed by atoms with Crippen LogP contribution in [0.1, 0.15) is 39.5 Å². The van der Waals surface area contributed by atoms with Crippen LogP contribution in [0.3, 0.4) is 0 Å². The molecule has 0 bridgehead atoms. The summed E-state index contributed by atoms with van der Waals surface area (Å²) >= 11 is 0. The number of benzene rings is 1. The molecule has 0 aliphatic carbocycles. The lowest BCUT2D eigenvalue weighted by Gasteiger charge is -2.28. The zero-order valence-electron chi connectivity index (χ0n) is 15.3. The molecule has 0 spiro atoms. The molecule has 142 valence electrons. The SMILES string of the molecule is CCC(CC)(CN)C(=O)Nc1ccc(OCC2CCOCC2)cc1.Cl. The van der Waals surface area contributed by atoms with Gasteiger partial charge in [-0.3, -0.25) is 4.79 Å². The molecule has 0 radical (unpaired) electrons. The molecule has 1 saturated heterocycles. The van der Waals surface area contributed by atoms with Crippen LogP contribution >= 0.6 is 12.4 Å². The maximum absolute atomic E-state index is 12.5. The third kappa shape index (κ3) is 5.87. The van der Waals surface area contributed by atoms with Gasteiger partial charge in [0.1, 0.15) is 5.75 Å². The van der Waals surface area contributed by atoms with Gasteiger partial charge in [0.2, 0.25) is 5.91 Å². The fourth-order valence-corrected chi connectivity index (χ4v) is 2.98. The zero-order chi connectivity index (χ0) is 17.4. The number of nitrogens with two attached hydrogens (primary N) is 1. The summed E-state index contributed by atoms with van der Waals surface area (Å²) in [4.78, 5) is 12.5. The Morgan fingerprint density at radius 1 is 1.24 bits per heavy atom. The lowest BCUT2D eigenvalue weighted by molar-refractivity contribution is -0.125. The van der Waals surface area contributed by atoms with Crippen LogP contribution in [-0.2, 0) is 9.53 Å². The molecule has 0 atom stereocenters. The minimum atomic E-state index is -0.488. The first-order valence-corrected chi connectivity index (χ1v) is 8.95. The summed E-state index contributed by atoms with van der Waals surface area (Å²) in [5.41, 5.74) is 6.12. The van der Waals surface area contributed by atoms with Crippen LogP contribution in [0.4, 0.5) is 5.69 Å². The quantitative estimate of drug-likeness (QED) is 0.733. The van der Waals surface area contributed by atoms with Crippen molar-refractivity contribution in [2.24, 2.45) is 17.1 Å². The van der Waals surface area contributed by atoms with Crippen molar-refractivity contribution in [3.05, 3.63) is 24.3 Å². The second-order valence-corrected chi connectivity index (χ2v) is 6.54. The molecular weight excluding hydrogens is 340 g/mol. The van der Waals surface area contributed by atoms with E-state index in [1.54, 1.807) is 0 Å². The van der Waals surface area contributed by atoms with Gasteiger partial charge in [-0.05, 0) is 55.9 Å². The van der Waals surface area contributed by atoms with Gasteiger partial charge >= 0.3 is 0 Å². The van der Waals surface area contributed by atoms with Gasteiger partial charge in [0, 0.05) is 25.4 Å². The van der Waals surface area contributed by atoms with Crippen molar-refractivity contribution in [3.8, 4) is 5.75 Å². The highest BCUT2D eigenvalue weighted by atomic mass is 35.5. The number of hydrogen-bond donors (Lipinski definition) is 2. The molecule has 0 unspecified atom stereocenters. The number of amides is 1. The summed E-state index contributed by atoms with van der Waals surface area (Å²) in [5.74, 6) is 1.39. The molecule has 1 amide bonds. The normalized spacial score (nSPS) is 15.3. The fourth-order valence-electron chi connectivity index (χ4n) is 2.98. The number of halogens is 1. The Kier molecular flexibility index (Phi) is 9.25. The van der Waals surface area contributed by atoms with Crippen LogP contribution in [-0.4, -0.2) is 32.3 Å². The molecule has 1 aromatic rings. The Morgan fingerprint density at radius 2 is 1.84 bits per heavy atom. The zero-order valence-corrected chi connectivity index (χ0v) is 16.1. The minimum absolute atomic E-state index is 0. The van der Waals surface area contributed by atoms with Gasteiger partial charge in [-0.15, -0.1) is 12.4 Å². The van der Waals surface area contributed by atoms with Crippen LogP contribution in [0.25, 0.3) is 0 Å². The highest BCUT2D eigenvalue weighted by Crippen LogP contribution is 2.27. The smallest absolute Gasteiger partial charge is 0.231 e. The number of anilines is 1.